The molecule has 0 saturated carbocycles. The summed E-state index contributed by atoms with van der Waals surface area (Å²) in [7, 11) is -5.03. The molecule has 9 N–H and O–H groups in total. The fourth-order valence-corrected chi connectivity index (χ4v) is 4.47. The third kappa shape index (κ3) is 6.12. The first-order chi connectivity index (χ1) is 17.6. The van der Waals surface area contributed by atoms with E-state index in [1.165, 1.54) is 23.9 Å². The molecule has 0 aliphatic carbocycles. The van der Waals surface area contributed by atoms with Crippen LogP contribution in [-0.2, 0) is 42.6 Å². The van der Waals surface area contributed by atoms with E-state index >= 15 is 0 Å². The summed E-state index contributed by atoms with van der Waals surface area (Å²) >= 11 is 0.944. The van der Waals surface area contributed by atoms with Crippen molar-refractivity contribution in [2.24, 2.45) is 21.6 Å². The molecule has 0 aromatic carbocycles. The van der Waals surface area contributed by atoms with Crippen LogP contribution in [0.5, 0.6) is 0 Å². The largest absolute Gasteiger partial charge is 0.478 e. The molecular weight excluding hydrogens is 550 g/mol. The maximum Gasteiger partial charge on any atom is 0.362 e. The summed E-state index contributed by atoms with van der Waals surface area (Å²) < 4.78 is 34.6. The normalized spacial score (nSPS) is 18.0. The number of nitrogens with one attached hydrogen (secondary N) is 1. The van der Waals surface area contributed by atoms with Gasteiger partial charge in [0.2, 0.25) is 5.60 Å². The van der Waals surface area contributed by atoms with Crippen LogP contribution in [0.4, 0.5) is 5.13 Å². The Morgan fingerprint density at radius 1 is 1.34 bits per heavy atom. The van der Waals surface area contributed by atoms with Crippen LogP contribution in [0.15, 0.2) is 21.9 Å². The molecule has 2 aromatic rings. The Hall–Kier alpha value is -4.37. The van der Waals surface area contributed by atoms with E-state index in [4.69, 9.17) is 22.0 Å². The van der Waals surface area contributed by atoms with Gasteiger partial charge in [0.15, 0.2) is 16.8 Å². The predicted molar refractivity (Wildman–Crippen MR) is 130 cm³/mol. The van der Waals surface area contributed by atoms with Gasteiger partial charge in [0, 0.05) is 5.38 Å². The van der Waals surface area contributed by atoms with Crippen molar-refractivity contribution in [2.75, 3.05) is 5.73 Å². The Balaban J connectivity index is 1.90. The average molecular weight is 574 g/mol. The van der Waals surface area contributed by atoms with Crippen LogP contribution in [-0.4, -0.2) is 89.3 Å². The zero-order valence-corrected chi connectivity index (χ0v) is 21.4. The number of anilines is 1. The number of nitrogens with zero attached hydrogens (tertiary/aromatic N) is 7. The van der Waals surface area contributed by atoms with E-state index in [-0.39, 0.29) is 40.0 Å². The lowest BCUT2D eigenvalue weighted by Crippen LogP contribution is -2.73. The summed E-state index contributed by atoms with van der Waals surface area (Å²) in [6.07, 6.45) is 1.13. The Labute approximate surface area is 218 Å². The van der Waals surface area contributed by atoms with Gasteiger partial charge < -0.3 is 32.5 Å². The molecule has 38 heavy (non-hydrogen) atoms. The Bertz CT molecular complexity index is 1410. The highest BCUT2D eigenvalue weighted by molar-refractivity contribution is 7.84. The van der Waals surface area contributed by atoms with Gasteiger partial charge in [-0.2, -0.15) is 13.5 Å². The molecule has 1 aliphatic rings. The number of aromatic nitrogens is 4. The summed E-state index contributed by atoms with van der Waals surface area (Å²) in [4.78, 5) is 53.8. The number of thiazole rings is 1. The molecule has 1 saturated heterocycles. The molecule has 2 atom stereocenters. The van der Waals surface area contributed by atoms with Gasteiger partial charge in [-0.05, 0) is 13.8 Å². The van der Waals surface area contributed by atoms with Crippen LogP contribution in [0, 0.1) is 0 Å². The maximum absolute atomic E-state index is 13.1. The number of nitrogen functional groups attached to an aromatic ring is 1. The van der Waals surface area contributed by atoms with E-state index in [1.54, 1.807) is 0 Å². The third-order valence-electron chi connectivity index (χ3n) is 5.02. The predicted octanol–water partition coefficient (Wildman–Crippen LogP) is -3.13. The van der Waals surface area contributed by atoms with Crippen LogP contribution in [0.25, 0.3) is 0 Å². The lowest BCUT2D eigenvalue weighted by atomic mass is 9.98. The molecule has 3 rings (SSSR count). The quantitative estimate of drug-likeness (QED) is 0.0509. The van der Waals surface area contributed by atoms with Crippen molar-refractivity contribution < 1.29 is 37.3 Å². The number of carboxylic acids is 1. The molecule has 19 nitrogen and oxygen atoms in total. The summed E-state index contributed by atoms with van der Waals surface area (Å²) in [5.41, 5.74) is 13.7. The van der Waals surface area contributed by atoms with Crippen molar-refractivity contribution in [2.45, 2.75) is 44.6 Å². The molecule has 0 radical (unpaired) electrons. The number of aliphatic carboxylic acids is 1. The lowest BCUT2D eigenvalue weighted by Gasteiger charge is -2.44. The van der Waals surface area contributed by atoms with Crippen molar-refractivity contribution in [1.29, 1.82) is 0 Å². The number of nitrogens with two attached hydrogens (primary N) is 3. The van der Waals surface area contributed by atoms with Gasteiger partial charge in [-0.3, -0.25) is 14.1 Å². The van der Waals surface area contributed by atoms with Crippen molar-refractivity contribution >= 4 is 56.2 Å². The minimum absolute atomic E-state index is 0.0487. The fourth-order valence-electron chi connectivity index (χ4n) is 3.05. The lowest BCUT2D eigenvalue weighted by molar-refractivity contribution is -0.161. The van der Waals surface area contributed by atoms with E-state index in [2.05, 4.69) is 30.5 Å². The van der Waals surface area contributed by atoms with E-state index in [0.717, 1.165) is 17.7 Å². The highest BCUT2D eigenvalue weighted by Gasteiger charge is 2.54. The summed E-state index contributed by atoms with van der Waals surface area (Å²) in [5.74, 6) is -3.69. The van der Waals surface area contributed by atoms with E-state index < -0.39 is 51.5 Å². The van der Waals surface area contributed by atoms with E-state index in [0.29, 0.717) is 0 Å². The molecule has 1 fully saturated rings. The molecule has 0 unspecified atom stereocenters. The Morgan fingerprint density at radius 2 is 2.03 bits per heavy atom. The number of guanidine groups is 1. The van der Waals surface area contributed by atoms with Crippen molar-refractivity contribution in [1.82, 2.24) is 29.4 Å². The van der Waals surface area contributed by atoms with E-state index in [9.17, 15) is 32.5 Å². The van der Waals surface area contributed by atoms with Gasteiger partial charge in [0.05, 0.1) is 12.6 Å². The topological polar surface area (TPSA) is 297 Å². The first-order valence-electron chi connectivity index (χ1n) is 10.4. The van der Waals surface area contributed by atoms with Gasteiger partial charge in [-0.15, -0.1) is 11.3 Å². The number of β-lactam (4-membered cyclic amide) rings is 1. The highest BCUT2D eigenvalue weighted by Crippen LogP contribution is 2.26. The van der Waals surface area contributed by atoms with Crippen LogP contribution in [0.2, 0.25) is 0 Å². The maximum atomic E-state index is 13.1. The van der Waals surface area contributed by atoms with E-state index in [1.807, 2.05) is 0 Å². The van der Waals surface area contributed by atoms with Crippen LogP contribution < -0.4 is 22.5 Å². The first-order valence-corrected chi connectivity index (χ1v) is 12.6. The van der Waals surface area contributed by atoms with Gasteiger partial charge >= 0.3 is 16.3 Å². The second kappa shape index (κ2) is 10.5. The molecule has 1 aliphatic heterocycles. The third-order valence-corrected chi connectivity index (χ3v) is 6.64. The Kier molecular flexibility index (Phi) is 7.83. The number of amides is 2. The number of hydrogen-bond donors (Lipinski definition) is 6. The van der Waals surface area contributed by atoms with Crippen molar-refractivity contribution in [3.63, 3.8) is 0 Å². The summed E-state index contributed by atoms with van der Waals surface area (Å²) in [6.45, 7) is 1.86. The average Bonchev–Trinajstić information content (AvgIpc) is 3.43. The van der Waals surface area contributed by atoms with Crippen molar-refractivity contribution in [3.8, 4) is 0 Å². The Morgan fingerprint density at radius 3 is 2.58 bits per heavy atom. The smallest absolute Gasteiger partial charge is 0.362 e. The second-order valence-electron chi connectivity index (χ2n) is 8.15. The van der Waals surface area contributed by atoms with Crippen LogP contribution in [0.1, 0.15) is 25.4 Å². The molecule has 3 heterocycles. The standard InChI is InChI=1S/C17H23N11O8S2/c1-17(2,14(31)32)36-26-10(7-5-37-16(20)24-7)12(29)25-11-8(28(13(11)30)38(33,34)35)4-27-9(22-6-23-27)3-21-15(18)19/h5-6,8,11H,3-4H2,1-2H3,(H2,20,24)(H,25,29)(H,31,32)(H4,18,19,21)(H,33,34,35)/b26-10+/t8-,11+/m1/s1. The highest BCUT2D eigenvalue weighted by atomic mass is 32.2. The fraction of sp³-hybridized carbons (Fsp3) is 0.412. The number of carboxylic acid groups (broad SMARTS) is 1. The molecule has 0 spiro atoms. The molecular formula is C17H23N11O8S2. The first kappa shape index (κ1) is 28.2. The molecule has 21 heteroatoms. The zero-order valence-electron chi connectivity index (χ0n) is 19.7. The monoisotopic (exact) mass is 573 g/mol. The minimum Gasteiger partial charge on any atom is -0.478 e. The minimum atomic E-state index is -5.03. The van der Waals surface area contributed by atoms with Crippen LogP contribution >= 0.6 is 11.3 Å². The number of hydrogen-bond acceptors (Lipinski definition) is 13. The van der Waals surface area contributed by atoms with Gasteiger partial charge in [0.1, 0.15) is 30.4 Å². The number of carbonyl (C=O) groups excluding carboxylic acids is 2. The van der Waals surface area contributed by atoms with Gasteiger partial charge in [0.25, 0.3) is 11.8 Å². The van der Waals surface area contributed by atoms with Crippen LogP contribution in [0.3, 0.4) is 0 Å². The van der Waals surface area contributed by atoms with Gasteiger partial charge in [-0.1, -0.05) is 5.16 Å². The van der Waals surface area contributed by atoms with Crippen molar-refractivity contribution in [3.05, 3.63) is 23.2 Å². The number of aliphatic imine (C=N–C) groups is 1. The molecule has 0 bridgehead atoms. The molecule has 206 valence electrons. The SMILES string of the molecule is CC(C)(O/N=C(/C(=O)N[C@@H]1C(=O)N(S(=O)(=O)O)[C@@H]1Cn1ncnc1CN=C(N)N)c1csc(N)n1)C(=O)O. The molecule has 2 aromatic heterocycles. The van der Waals surface area contributed by atoms with Gasteiger partial charge in [-0.25, -0.2) is 28.7 Å². The second-order valence-corrected chi connectivity index (χ2v) is 10.3. The summed E-state index contributed by atoms with van der Waals surface area (Å²) in [5, 5.41) is 20.5. The summed E-state index contributed by atoms with van der Waals surface area (Å²) in [6, 6.07) is -2.86. The number of oxime groups is 1. The number of carbonyl (C=O) groups is 3. The zero-order chi connectivity index (χ0) is 28.4. The molecule has 2 amide bonds. The number of rotatable bonds is 11.